The number of hydrogen-bond acceptors (Lipinski definition) is 3. The van der Waals surface area contributed by atoms with E-state index >= 15 is 0 Å². The van der Waals surface area contributed by atoms with E-state index < -0.39 is 5.82 Å². The number of carbonyl (C=O) groups is 1. The largest absolute Gasteiger partial charge is 0.342 e. The van der Waals surface area contributed by atoms with Gasteiger partial charge in [0.25, 0.3) is 0 Å². The predicted octanol–water partition coefficient (Wildman–Crippen LogP) is 6.23. The minimum absolute atomic E-state index is 0.0134. The van der Waals surface area contributed by atoms with Gasteiger partial charge in [0.1, 0.15) is 5.82 Å². The summed E-state index contributed by atoms with van der Waals surface area (Å²) in [6.07, 6.45) is 9.73. The fraction of sp³-hybridized carbons (Fsp3) is 0.594. The predicted molar refractivity (Wildman–Crippen MR) is 153 cm³/mol. The van der Waals surface area contributed by atoms with Crippen molar-refractivity contribution in [1.29, 1.82) is 0 Å². The van der Waals surface area contributed by atoms with Crippen LogP contribution in [0.2, 0.25) is 5.02 Å². The molecule has 5 rings (SSSR count). The molecular formula is C32H43ClFN3O. The summed E-state index contributed by atoms with van der Waals surface area (Å²) in [6.45, 7) is 9.48. The van der Waals surface area contributed by atoms with Gasteiger partial charge in [-0.1, -0.05) is 53.9 Å². The number of nitrogens with zero attached hydrogens (tertiary/aromatic N) is 3. The zero-order valence-electron chi connectivity index (χ0n) is 22.9. The second-order valence-corrected chi connectivity index (χ2v) is 12.3. The van der Waals surface area contributed by atoms with E-state index in [4.69, 9.17) is 11.6 Å². The van der Waals surface area contributed by atoms with Crippen LogP contribution < -0.4 is 0 Å². The molecule has 4 nitrogen and oxygen atoms in total. The number of carbonyl (C=O) groups excluding carboxylic acids is 1. The molecular weight excluding hydrogens is 497 g/mol. The molecule has 0 aromatic heterocycles. The summed E-state index contributed by atoms with van der Waals surface area (Å²) in [6, 6.07) is 14.3. The molecule has 2 aromatic rings. The summed E-state index contributed by atoms with van der Waals surface area (Å²) in [4.78, 5) is 20.8. The lowest BCUT2D eigenvalue weighted by atomic mass is 9.71. The van der Waals surface area contributed by atoms with Gasteiger partial charge in [0.05, 0.1) is 6.42 Å². The van der Waals surface area contributed by atoms with E-state index in [0.29, 0.717) is 17.1 Å². The molecule has 0 spiro atoms. The lowest BCUT2D eigenvalue weighted by molar-refractivity contribution is -0.133. The van der Waals surface area contributed by atoms with Crippen molar-refractivity contribution in [3.63, 3.8) is 0 Å². The summed E-state index contributed by atoms with van der Waals surface area (Å²) in [5.41, 5.74) is 2.81. The SMILES string of the molecule is Cc1ccc([C@@]2(CCN3CCC(N4CCCCC4)CC3)CCCN(C(=O)Cc3c(F)cccc3Cl)C2)cc1. The Morgan fingerprint density at radius 1 is 0.974 bits per heavy atom. The van der Waals surface area contributed by atoms with Crippen LogP contribution in [0.15, 0.2) is 42.5 Å². The van der Waals surface area contributed by atoms with Crippen LogP contribution in [-0.2, 0) is 16.6 Å². The van der Waals surface area contributed by atoms with Gasteiger partial charge in [0.2, 0.25) is 5.91 Å². The number of aryl methyl sites for hydroxylation is 1. The number of rotatable bonds is 7. The van der Waals surface area contributed by atoms with E-state index in [9.17, 15) is 9.18 Å². The van der Waals surface area contributed by atoms with Crippen molar-refractivity contribution in [2.45, 2.75) is 76.2 Å². The van der Waals surface area contributed by atoms with Crippen LogP contribution in [0.4, 0.5) is 4.39 Å². The maximum atomic E-state index is 14.4. The van der Waals surface area contributed by atoms with E-state index in [2.05, 4.69) is 41.0 Å². The molecule has 0 radical (unpaired) electrons. The monoisotopic (exact) mass is 539 g/mol. The highest BCUT2D eigenvalue weighted by molar-refractivity contribution is 6.31. The molecule has 0 saturated carbocycles. The number of hydrogen-bond donors (Lipinski definition) is 0. The fourth-order valence-corrected chi connectivity index (χ4v) is 7.19. The van der Waals surface area contributed by atoms with E-state index in [1.165, 1.54) is 75.5 Å². The molecule has 3 fully saturated rings. The third kappa shape index (κ3) is 6.43. The van der Waals surface area contributed by atoms with Crippen molar-refractivity contribution in [2.75, 3.05) is 45.8 Å². The average Bonchev–Trinajstić information content (AvgIpc) is 2.95. The molecule has 1 atom stereocenters. The van der Waals surface area contributed by atoms with Gasteiger partial charge in [-0.15, -0.1) is 0 Å². The molecule has 0 unspecified atom stereocenters. The zero-order chi connectivity index (χ0) is 26.5. The topological polar surface area (TPSA) is 26.8 Å². The van der Waals surface area contributed by atoms with Crippen LogP contribution >= 0.6 is 11.6 Å². The van der Waals surface area contributed by atoms with Crippen molar-refractivity contribution in [1.82, 2.24) is 14.7 Å². The molecule has 206 valence electrons. The number of benzene rings is 2. The molecule has 2 aromatic carbocycles. The molecule has 0 bridgehead atoms. The normalized spacial score (nSPS) is 24.0. The van der Waals surface area contributed by atoms with Crippen LogP contribution in [-0.4, -0.2) is 72.5 Å². The zero-order valence-corrected chi connectivity index (χ0v) is 23.7. The van der Waals surface area contributed by atoms with Crippen molar-refractivity contribution >= 4 is 17.5 Å². The molecule has 0 N–H and O–H groups in total. The minimum Gasteiger partial charge on any atom is -0.342 e. The van der Waals surface area contributed by atoms with Gasteiger partial charge in [0, 0.05) is 35.1 Å². The highest BCUT2D eigenvalue weighted by Crippen LogP contribution is 2.38. The second kappa shape index (κ2) is 12.5. The molecule has 38 heavy (non-hydrogen) atoms. The third-order valence-corrected chi connectivity index (χ3v) is 9.71. The summed E-state index contributed by atoms with van der Waals surface area (Å²) < 4.78 is 14.4. The van der Waals surface area contributed by atoms with Gasteiger partial charge < -0.3 is 14.7 Å². The number of amides is 1. The van der Waals surface area contributed by atoms with Crippen LogP contribution in [0.25, 0.3) is 0 Å². The first-order chi connectivity index (χ1) is 18.4. The number of piperidine rings is 3. The maximum Gasteiger partial charge on any atom is 0.227 e. The molecule has 3 aliphatic rings. The molecule has 3 aliphatic heterocycles. The molecule has 6 heteroatoms. The highest BCUT2D eigenvalue weighted by Gasteiger charge is 2.39. The van der Waals surface area contributed by atoms with Gasteiger partial charge in [-0.2, -0.15) is 0 Å². The first-order valence-corrected chi connectivity index (χ1v) is 15.1. The molecule has 0 aliphatic carbocycles. The van der Waals surface area contributed by atoms with Crippen LogP contribution in [0.1, 0.15) is 68.1 Å². The van der Waals surface area contributed by atoms with Crippen molar-refractivity contribution < 1.29 is 9.18 Å². The summed E-state index contributed by atoms with van der Waals surface area (Å²) in [5, 5.41) is 0.327. The second-order valence-electron chi connectivity index (χ2n) is 11.9. The molecule has 3 saturated heterocycles. The lowest BCUT2D eigenvalue weighted by Crippen LogP contribution is -2.51. The Labute approximate surface area is 233 Å². The van der Waals surface area contributed by atoms with E-state index in [-0.39, 0.29) is 17.7 Å². The first kappa shape index (κ1) is 27.6. The van der Waals surface area contributed by atoms with Gasteiger partial charge in [-0.05, 0) is 102 Å². The Kier molecular flexibility index (Phi) is 9.07. The van der Waals surface area contributed by atoms with Gasteiger partial charge >= 0.3 is 0 Å². The van der Waals surface area contributed by atoms with Crippen LogP contribution in [0, 0.1) is 12.7 Å². The Hall–Kier alpha value is -1.95. The quantitative estimate of drug-likeness (QED) is 0.417. The van der Waals surface area contributed by atoms with Crippen molar-refractivity contribution in [2.24, 2.45) is 0 Å². The number of likely N-dealkylation sites (tertiary alicyclic amines) is 3. The minimum atomic E-state index is -0.402. The van der Waals surface area contributed by atoms with Crippen LogP contribution in [0.5, 0.6) is 0 Å². The standard InChI is InChI=1S/C32H43ClFN3O/c1-25-9-11-26(12-10-25)32(16-22-35-20-13-27(14-21-35)36-17-3-2-4-18-36)15-6-19-37(24-32)31(38)23-28-29(33)7-5-8-30(28)34/h5,7-12,27H,2-4,6,13-24H2,1H3/t32-/m1/s1. The summed E-state index contributed by atoms with van der Waals surface area (Å²) in [7, 11) is 0. The van der Waals surface area contributed by atoms with E-state index in [1.807, 2.05) is 4.90 Å². The lowest BCUT2D eigenvalue weighted by Gasteiger charge is -2.45. The maximum absolute atomic E-state index is 14.4. The van der Waals surface area contributed by atoms with Crippen molar-refractivity contribution in [3.05, 3.63) is 70.0 Å². The Balaban J connectivity index is 1.26. The molecule has 1 amide bonds. The van der Waals surface area contributed by atoms with Crippen LogP contribution in [0.3, 0.4) is 0 Å². The van der Waals surface area contributed by atoms with Gasteiger partial charge in [0.15, 0.2) is 0 Å². The van der Waals surface area contributed by atoms with Gasteiger partial charge in [-0.3, -0.25) is 4.79 Å². The summed E-state index contributed by atoms with van der Waals surface area (Å²) >= 11 is 6.26. The van der Waals surface area contributed by atoms with E-state index in [1.54, 1.807) is 12.1 Å². The Morgan fingerprint density at radius 3 is 2.42 bits per heavy atom. The average molecular weight is 540 g/mol. The highest BCUT2D eigenvalue weighted by atomic mass is 35.5. The first-order valence-electron chi connectivity index (χ1n) is 14.7. The summed E-state index contributed by atoms with van der Waals surface area (Å²) in [5.74, 6) is -0.434. The van der Waals surface area contributed by atoms with Gasteiger partial charge in [-0.25, -0.2) is 4.39 Å². The number of halogens is 2. The Morgan fingerprint density at radius 2 is 1.71 bits per heavy atom. The van der Waals surface area contributed by atoms with E-state index in [0.717, 1.165) is 38.4 Å². The smallest absolute Gasteiger partial charge is 0.227 e. The third-order valence-electron chi connectivity index (χ3n) is 9.35. The Bertz CT molecular complexity index is 1060. The molecule has 3 heterocycles. The van der Waals surface area contributed by atoms with Crippen molar-refractivity contribution in [3.8, 4) is 0 Å². The fourth-order valence-electron chi connectivity index (χ4n) is 6.96.